The van der Waals surface area contributed by atoms with E-state index in [-0.39, 0.29) is 23.1 Å². The van der Waals surface area contributed by atoms with Gasteiger partial charge in [0.15, 0.2) is 0 Å². The minimum Gasteiger partial charge on any atom is -0.444 e. The van der Waals surface area contributed by atoms with Crippen molar-refractivity contribution in [1.29, 1.82) is 0 Å². The third kappa shape index (κ3) is 5.43. The van der Waals surface area contributed by atoms with Crippen molar-refractivity contribution in [3.05, 3.63) is 39.5 Å². The van der Waals surface area contributed by atoms with Crippen molar-refractivity contribution in [3.8, 4) is 0 Å². The van der Waals surface area contributed by atoms with Crippen LogP contribution in [0.3, 0.4) is 0 Å². The number of nitro groups is 1. The van der Waals surface area contributed by atoms with Gasteiger partial charge in [0, 0.05) is 11.9 Å². The molecule has 2 N–H and O–H groups in total. The standard InChI is InChI=1S/C18H23ClN4O4/c1-17(2,3)27-16(24)22-18(4,5)10-20-13-11-8-6-7-9-12(11)21-15(19)14(13)23(25)26/h6-9H,10H2,1-5H3,(H,20,21)(H,22,24). The van der Waals surface area contributed by atoms with E-state index in [1.807, 2.05) is 0 Å². The molecule has 146 valence electrons. The Hall–Kier alpha value is -2.61. The van der Waals surface area contributed by atoms with Crippen LogP contribution < -0.4 is 10.6 Å². The van der Waals surface area contributed by atoms with Crippen molar-refractivity contribution in [3.63, 3.8) is 0 Å². The van der Waals surface area contributed by atoms with Crippen molar-refractivity contribution in [1.82, 2.24) is 10.3 Å². The molecule has 0 radical (unpaired) electrons. The fourth-order valence-corrected chi connectivity index (χ4v) is 2.71. The molecule has 0 saturated heterocycles. The second-order valence-corrected chi connectivity index (χ2v) is 8.12. The van der Waals surface area contributed by atoms with Crippen molar-refractivity contribution >= 4 is 40.0 Å². The number of rotatable bonds is 5. The average molecular weight is 395 g/mol. The van der Waals surface area contributed by atoms with Crippen LogP contribution in [0.1, 0.15) is 34.6 Å². The molecule has 1 aromatic carbocycles. The molecule has 2 rings (SSSR count). The molecule has 1 amide bonds. The zero-order valence-electron chi connectivity index (χ0n) is 15.9. The molecule has 27 heavy (non-hydrogen) atoms. The quantitative estimate of drug-likeness (QED) is 0.439. The minimum atomic E-state index is -0.743. The van der Waals surface area contributed by atoms with Crippen molar-refractivity contribution in [2.75, 3.05) is 11.9 Å². The number of hydrogen-bond donors (Lipinski definition) is 2. The van der Waals surface area contributed by atoms with Crippen LogP contribution >= 0.6 is 11.6 Å². The number of nitrogens with one attached hydrogen (secondary N) is 2. The summed E-state index contributed by atoms with van der Waals surface area (Å²) in [4.78, 5) is 27.0. The third-order valence-corrected chi connectivity index (χ3v) is 3.82. The van der Waals surface area contributed by atoms with E-state index < -0.39 is 22.2 Å². The highest BCUT2D eigenvalue weighted by atomic mass is 35.5. The first kappa shape index (κ1) is 20.7. The molecule has 1 heterocycles. The lowest BCUT2D eigenvalue weighted by molar-refractivity contribution is -0.384. The summed E-state index contributed by atoms with van der Waals surface area (Å²) >= 11 is 6.03. The Labute approximate surface area is 162 Å². The second kappa shape index (κ2) is 7.56. The van der Waals surface area contributed by atoms with Crippen molar-refractivity contribution in [2.45, 2.75) is 45.8 Å². The first-order valence-electron chi connectivity index (χ1n) is 8.37. The zero-order valence-corrected chi connectivity index (χ0v) is 16.7. The lowest BCUT2D eigenvalue weighted by Crippen LogP contribution is -2.50. The predicted molar refractivity (Wildman–Crippen MR) is 105 cm³/mol. The molecule has 0 aliphatic heterocycles. The van der Waals surface area contributed by atoms with E-state index in [1.165, 1.54) is 0 Å². The summed E-state index contributed by atoms with van der Waals surface area (Å²) in [5, 5.41) is 17.7. The average Bonchev–Trinajstić information content (AvgIpc) is 2.49. The van der Waals surface area contributed by atoms with E-state index in [1.54, 1.807) is 58.9 Å². The van der Waals surface area contributed by atoms with Gasteiger partial charge < -0.3 is 15.4 Å². The first-order chi connectivity index (χ1) is 12.4. The van der Waals surface area contributed by atoms with Crippen LogP contribution in [0.25, 0.3) is 10.9 Å². The number of halogens is 1. The maximum Gasteiger partial charge on any atom is 0.408 e. The minimum absolute atomic E-state index is 0.195. The zero-order chi connectivity index (χ0) is 20.4. The van der Waals surface area contributed by atoms with Crippen molar-refractivity contribution < 1.29 is 14.5 Å². The van der Waals surface area contributed by atoms with Gasteiger partial charge in [0.25, 0.3) is 0 Å². The summed E-state index contributed by atoms with van der Waals surface area (Å²) in [5.74, 6) is 0. The Morgan fingerprint density at radius 2 is 1.89 bits per heavy atom. The van der Waals surface area contributed by atoms with E-state index in [0.717, 1.165) is 0 Å². The largest absolute Gasteiger partial charge is 0.444 e. The Bertz CT molecular complexity index is 878. The number of hydrogen-bond acceptors (Lipinski definition) is 6. The highest BCUT2D eigenvalue weighted by Crippen LogP contribution is 2.37. The van der Waals surface area contributed by atoms with Crippen LogP contribution in [0.2, 0.25) is 5.15 Å². The lowest BCUT2D eigenvalue weighted by Gasteiger charge is -2.29. The maximum absolute atomic E-state index is 12.0. The van der Waals surface area contributed by atoms with Gasteiger partial charge in [-0.1, -0.05) is 29.8 Å². The third-order valence-electron chi connectivity index (χ3n) is 3.55. The molecule has 0 bridgehead atoms. The Balaban J connectivity index is 2.29. The molecule has 8 nitrogen and oxygen atoms in total. The molecule has 0 saturated carbocycles. The summed E-state index contributed by atoms with van der Waals surface area (Å²) in [6.45, 7) is 9.07. The summed E-state index contributed by atoms with van der Waals surface area (Å²) in [5.41, 5.74) is -0.875. The molecule has 2 aromatic rings. The predicted octanol–water partition coefficient (Wildman–Crippen LogP) is 4.51. The normalized spacial score (nSPS) is 11.9. The van der Waals surface area contributed by atoms with E-state index in [4.69, 9.17) is 16.3 Å². The fraction of sp³-hybridized carbons (Fsp3) is 0.444. The molecule has 0 aliphatic rings. The summed E-state index contributed by atoms with van der Waals surface area (Å²) in [6, 6.07) is 6.98. The Morgan fingerprint density at radius 3 is 2.48 bits per heavy atom. The molecule has 0 aliphatic carbocycles. The van der Waals surface area contributed by atoms with E-state index in [9.17, 15) is 14.9 Å². The van der Waals surface area contributed by atoms with Crippen LogP contribution in [0, 0.1) is 10.1 Å². The summed E-state index contributed by atoms with van der Waals surface area (Å²) in [6.07, 6.45) is -0.568. The number of pyridine rings is 1. The van der Waals surface area contributed by atoms with Gasteiger partial charge in [-0.3, -0.25) is 10.1 Å². The number of para-hydroxylation sites is 1. The molecular weight excluding hydrogens is 372 g/mol. The van der Waals surface area contributed by atoms with Crippen LogP contribution in [-0.2, 0) is 4.74 Å². The molecule has 0 unspecified atom stereocenters. The van der Waals surface area contributed by atoms with E-state index in [0.29, 0.717) is 10.9 Å². The first-order valence-corrected chi connectivity index (χ1v) is 8.75. The number of anilines is 1. The van der Waals surface area contributed by atoms with Crippen LogP contribution in [0.15, 0.2) is 24.3 Å². The monoisotopic (exact) mass is 394 g/mol. The SMILES string of the molecule is CC(C)(CNc1c([N+](=O)[O-])c(Cl)nc2ccccc12)NC(=O)OC(C)(C)C. The molecular formula is C18H23ClN4O4. The molecule has 0 atom stereocenters. The smallest absolute Gasteiger partial charge is 0.408 e. The van der Waals surface area contributed by atoms with Crippen LogP contribution in [0.5, 0.6) is 0 Å². The van der Waals surface area contributed by atoms with Crippen LogP contribution in [0.4, 0.5) is 16.2 Å². The summed E-state index contributed by atoms with van der Waals surface area (Å²) < 4.78 is 5.26. The number of fused-ring (bicyclic) bond motifs is 1. The van der Waals surface area contributed by atoms with Gasteiger partial charge in [0.1, 0.15) is 11.3 Å². The number of carbonyl (C=O) groups is 1. The van der Waals surface area contributed by atoms with Gasteiger partial charge in [0.05, 0.1) is 16.0 Å². The van der Waals surface area contributed by atoms with Crippen molar-refractivity contribution in [2.24, 2.45) is 0 Å². The van der Waals surface area contributed by atoms with E-state index in [2.05, 4.69) is 15.6 Å². The van der Waals surface area contributed by atoms with E-state index >= 15 is 0 Å². The maximum atomic E-state index is 12.0. The molecule has 0 spiro atoms. The highest BCUT2D eigenvalue weighted by Gasteiger charge is 2.28. The highest BCUT2D eigenvalue weighted by molar-refractivity contribution is 6.33. The topological polar surface area (TPSA) is 106 Å². The number of nitrogens with zero attached hydrogens (tertiary/aromatic N) is 2. The second-order valence-electron chi connectivity index (χ2n) is 7.76. The number of aromatic nitrogens is 1. The fourth-order valence-electron chi connectivity index (χ4n) is 2.45. The van der Waals surface area contributed by atoms with Gasteiger partial charge in [-0.25, -0.2) is 9.78 Å². The number of benzene rings is 1. The van der Waals surface area contributed by atoms with Gasteiger partial charge in [0.2, 0.25) is 5.15 Å². The van der Waals surface area contributed by atoms with Gasteiger partial charge >= 0.3 is 11.8 Å². The Kier molecular flexibility index (Phi) is 5.79. The van der Waals surface area contributed by atoms with Gasteiger partial charge in [-0.05, 0) is 40.7 Å². The van der Waals surface area contributed by atoms with Gasteiger partial charge in [-0.2, -0.15) is 0 Å². The molecule has 0 fully saturated rings. The Morgan fingerprint density at radius 1 is 1.26 bits per heavy atom. The molecule has 9 heteroatoms. The number of alkyl carbamates (subject to hydrolysis) is 1. The van der Waals surface area contributed by atoms with Gasteiger partial charge in [-0.15, -0.1) is 0 Å². The number of carbonyl (C=O) groups excluding carboxylic acids is 1. The number of amides is 1. The van der Waals surface area contributed by atoms with Crippen LogP contribution in [-0.4, -0.2) is 33.7 Å². The molecule has 1 aromatic heterocycles. The summed E-state index contributed by atoms with van der Waals surface area (Å²) in [7, 11) is 0. The lowest BCUT2D eigenvalue weighted by atomic mass is 10.1. The number of ether oxygens (including phenoxy) is 1.